The average molecular weight is 377 g/mol. The molecule has 0 aliphatic carbocycles. The summed E-state index contributed by atoms with van der Waals surface area (Å²) in [5.74, 6) is 0.228. The highest BCUT2D eigenvalue weighted by molar-refractivity contribution is 5.93. The van der Waals surface area contributed by atoms with Crippen LogP contribution in [0.2, 0.25) is 0 Å². The zero-order valence-corrected chi connectivity index (χ0v) is 15.1. The van der Waals surface area contributed by atoms with Crippen LogP contribution in [0.15, 0.2) is 42.5 Å². The number of ketones is 1. The van der Waals surface area contributed by atoms with Crippen LogP contribution >= 0.6 is 0 Å². The number of halogens is 2. The molecule has 0 aromatic heterocycles. The number of carbonyl (C=O) groups is 2. The molecule has 2 rings (SSSR count). The summed E-state index contributed by atoms with van der Waals surface area (Å²) >= 11 is 0. The molecule has 0 heterocycles. The molecule has 0 fully saturated rings. The first-order valence-corrected chi connectivity index (χ1v) is 8.40. The van der Waals surface area contributed by atoms with Crippen molar-refractivity contribution >= 4 is 17.4 Å². The summed E-state index contributed by atoms with van der Waals surface area (Å²) in [5, 5.41) is 2.61. The molecule has 0 atom stereocenters. The number of Topliss-reactive ketones (excluding diaryl/α,β-unsaturated/α-hetero) is 1. The van der Waals surface area contributed by atoms with E-state index in [1.807, 2.05) is 12.1 Å². The van der Waals surface area contributed by atoms with Crippen LogP contribution < -0.4 is 14.8 Å². The van der Waals surface area contributed by atoms with Gasteiger partial charge >= 0.3 is 6.61 Å². The minimum Gasteiger partial charge on any atom is -0.484 e. The third kappa shape index (κ3) is 6.69. The van der Waals surface area contributed by atoms with E-state index in [-0.39, 0.29) is 18.1 Å². The summed E-state index contributed by atoms with van der Waals surface area (Å²) in [4.78, 5) is 23.0. The summed E-state index contributed by atoms with van der Waals surface area (Å²) in [5.41, 5.74) is 1.79. The van der Waals surface area contributed by atoms with Crippen molar-refractivity contribution in [3.63, 3.8) is 0 Å². The van der Waals surface area contributed by atoms with E-state index in [0.29, 0.717) is 29.8 Å². The van der Waals surface area contributed by atoms with Gasteiger partial charge in [-0.05, 0) is 50.1 Å². The summed E-state index contributed by atoms with van der Waals surface area (Å²) in [7, 11) is 0. The van der Waals surface area contributed by atoms with Gasteiger partial charge < -0.3 is 19.6 Å². The summed E-state index contributed by atoms with van der Waals surface area (Å²) in [6.45, 7) is -0.0378. The smallest absolute Gasteiger partial charge is 0.387 e. The lowest BCUT2D eigenvalue weighted by atomic mass is 10.1. The lowest BCUT2D eigenvalue weighted by Gasteiger charge is -2.13. The maximum Gasteiger partial charge on any atom is 0.387 e. The fraction of sp³-hybridized carbons (Fsp3) is 0.300. The first-order valence-electron chi connectivity index (χ1n) is 8.40. The number of rotatable bonds is 9. The fourth-order valence-electron chi connectivity index (χ4n) is 2.38. The third-order valence-electron chi connectivity index (χ3n) is 3.83. The third-order valence-corrected chi connectivity index (χ3v) is 3.83. The molecule has 1 N–H and O–H groups in total. The predicted molar refractivity (Wildman–Crippen MR) is 97.4 cm³/mol. The minimum absolute atomic E-state index is 0.00451. The molecule has 0 aliphatic rings. The van der Waals surface area contributed by atoms with Gasteiger partial charge in [-0.15, -0.1) is 0 Å². The maximum absolute atomic E-state index is 12.4. The largest absolute Gasteiger partial charge is 0.484 e. The first-order chi connectivity index (χ1) is 12.8. The SMILES string of the molecule is CC(=O)CCc1ccc(OCC(=O)Nc2cccc(OC(F)F)c2C)cc1. The molecular formula is C20H21F2NO4. The van der Waals surface area contributed by atoms with Crippen LogP contribution in [-0.4, -0.2) is 24.9 Å². The molecule has 5 nitrogen and oxygen atoms in total. The van der Waals surface area contributed by atoms with Crippen molar-refractivity contribution < 1.29 is 27.8 Å². The number of ether oxygens (including phenoxy) is 2. The number of alkyl halides is 2. The molecule has 0 bridgehead atoms. The van der Waals surface area contributed by atoms with Crippen LogP contribution in [0, 0.1) is 6.92 Å². The molecule has 1 amide bonds. The van der Waals surface area contributed by atoms with Crippen molar-refractivity contribution in [2.24, 2.45) is 0 Å². The Hall–Kier alpha value is -2.96. The van der Waals surface area contributed by atoms with E-state index in [2.05, 4.69) is 10.1 Å². The Morgan fingerprint density at radius 3 is 2.44 bits per heavy atom. The van der Waals surface area contributed by atoms with Gasteiger partial charge in [0.2, 0.25) is 0 Å². The van der Waals surface area contributed by atoms with E-state index in [1.165, 1.54) is 12.1 Å². The molecule has 0 aliphatic heterocycles. The van der Waals surface area contributed by atoms with Gasteiger partial charge in [0.25, 0.3) is 5.91 Å². The lowest BCUT2D eigenvalue weighted by molar-refractivity contribution is -0.118. The Morgan fingerprint density at radius 1 is 1.11 bits per heavy atom. The van der Waals surface area contributed by atoms with Crippen LogP contribution in [-0.2, 0) is 16.0 Å². The summed E-state index contributed by atoms with van der Waals surface area (Å²) in [6.07, 6.45) is 1.14. The first kappa shape index (κ1) is 20.4. The van der Waals surface area contributed by atoms with Gasteiger partial charge in [0.05, 0.1) is 0 Å². The molecule has 0 spiro atoms. The number of nitrogens with one attached hydrogen (secondary N) is 1. The Morgan fingerprint density at radius 2 is 1.81 bits per heavy atom. The second-order valence-electron chi connectivity index (χ2n) is 5.99. The predicted octanol–water partition coefficient (Wildman–Crippen LogP) is 4.14. The molecule has 2 aromatic carbocycles. The van der Waals surface area contributed by atoms with Crippen molar-refractivity contribution in [2.45, 2.75) is 33.3 Å². The Labute approximate surface area is 156 Å². The fourth-order valence-corrected chi connectivity index (χ4v) is 2.38. The highest BCUT2D eigenvalue weighted by atomic mass is 19.3. The zero-order chi connectivity index (χ0) is 19.8. The molecule has 0 unspecified atom stereocenters. The molecule has 0 radical (unpaired) electrons. The summed E-state index contributed by atoms with van der Waals surface area (Å²) < 4.78 is 34.6. The van der Waals surface area contributed by atoms with E-state index in [4.69, 9.17) is 4.74 Å². The van der Waals surface area contributed by atoms with Gasteiger partial charge in [-0.25, -0.2) is 0 Å². The van der Waals surface area contributed by atoms with E-state index >= 15 is 0 Å². The zero-order valence-electron chi connectivity index (χ0n) is 15.1. The van der Waals surface area contributed by atoms with Crippen LogP contribution in [0.3, 0.4) is 0 Å². The molecule has 2 aromatic rings. The monoisotopic (exact) mass is 377 g/mol. The number of hydrogen-bond donors (Lipinski definition) is 1. The number of aryl methyl sites for hydroxylation is 1. The van der Waals surface area contributed by atoms with Gasteiger partial charge in [0.15, 0.2) is 6.61 Å². The number of amides is 1. The molecule has 0 saturated heterocycles. The van der Waals surface area contributed by atoms with Gasteiger partial charge in [-0.2, -0.15) is 8.78 Å². The van der Waals surface area contributed by atoms with E-state index in [9.17, 15) is 18.4 Å². The van der Waals surface area contributed by atoms with Crippen molar-refractivity contribution in [1.29, 1.82) is 0 Å². The highest BCUT2D eigenvalue weighted by Crippen LogP contribution is 2.26. The van der Waals surface area contributed by atoms with Crippen molar-refractivity contribution in [3.8, 4) is 11.5 Å². The molecule has 144 valence electrons. The Kier molecular flexibility index (Phi) is 7.28. The standard InChI is InChI=1S/C20H21F2NO4/c1-13(24)6-7-15-8-10-16(11-9-15)26-12-19(25)23-17-4-3-5-18(14(17)2)27-20(21)22/h3-5,8-11,20H,6-7,12H2,1-2H3,(H,23,25). The van der Waals surface area contributed by atoms with E-state index < -0.39 is 12.5 Å². The molecule has 7 heteroatoms. The average Bonchev–Trinajstić information content (AvgIpc) is 2.62. The highest BCUT2D eigenvalue weighted by Gasteiger charge is 2.12. The van der Waals surface area contributed by atoms with Crippen LogP contribution in [0.5, 0.6) is 11.5 Å². The minimum atomic E-state index is -2.93. The number of hydrogen-bond acceptors (Lipinski definition) is 4. The second-order valence-corrected chi connectivity index (χ2v) is 5.99. The summed E-state index contributed by atoms with van der Waals surface area (Å²) in [6, 6.07) is 11.6. The maximum atomic E-state index is 12.4. The van der Waals surface area contributed by atoms with E-state index in [0.717, 1.165) is 5.56 Å². The van der Waals surface area contributed by atoms with Crippen LogP contribution in [0.25, 0.3) is 0 Å². The molecule has 0 saturated carbocycles. The Bertz CT molecular complexity index is 791. The number of anilines is 1. The van der Waals surface area contributed by atoms with Crippen LogP contribution in [0.1, 0.15) is 24.5 Å². The van der Waals surface area contributed by atoms with Gasteiger partial charge in [0.1, 0.15) is 17.3 Å². The molecule has 27 heavy (non-hydrogen) atoms. The van der Waals surface area contributed by atoms with Crippen LogP contribution in [0.4, 0.5) is 14.5 Å². The molecular weight excluding hydrogens is 356 g/mol. The topological polar surface area (TPSA) is 64.6 Å². The van der Waals surface area contributed by atoms with Gasteiger partial charge in [0, 0.05) is 17.7 Å². The number of carbonyl (C=O) groups excluding carboxylic acids is 2. The van der Waals surface area contributed by atoms with E-state index in [1.54, 1.807) is 32.0 Å². The lowest BCUT2D eigenvalue weighted by Crippen LogP contribution is -2.20. The quantitative estimate of drug-likeness (QED) is 0.713. The van der Waals surface area contributed by atoms with Gasteiger partial charge in [-0.1, -0.05) is 18.2 Å². The Balaban J connectivity index is 1.88. The number of benzene rings is 2. The van der Waals surface area contributed by atoms with Crippen molar-refractivity contribution in [2.75, 3.05) is 11.9 Å². The normalized spacial score (nSPS) is 10.6. The van der Waals surface area contributed by atoms with Crippen molar-refractivity contribution in [1.82, 2.24) is 0 Å². The second kappa shape index (κ2) is 9.66. The van der Waals surface area contributed by atoms with Gasteiger partial charge in [-0.3, -0.25) is 4.79 Å². The van der Waals surface area contributed by atoms with Crippen molar-refractivity contribution in [3.05, 3.63) is 53.6 Å².